The molecule has 0 amide bonds. The Morgan fingerprint density at radius 3 is 2.50 bits per heavy atom. The summed E-state index contributed by atoms with van der Waals surface area (Å²) in [6.07, 6.45) is 6.14. The number of rotatable bonds is 3. The van der Waals surface area contributed by atoms with E-state index in [2.05, 4.69) is 19.2 Å². The molecule has 2 fully saturated rings. The zero-order valence-electron chi connectivity index (χ0n) is 10.6. The number of hydrogen-bond donors (Lipinski definition) is 2. The maximum Gasteiger partial charge on any atom is 0.0869 e. The van der Waals surface area contributed by atoms with Crippen LogP contribution in [-0.2, 0) is 0 Å². The smallest absolute Gasteiger partial charge is 0.0869 e. The molecule has 0 aromatic heterocycles. The lowest BCUT2D eigenvalue weighted by atomic mass is 9.75. The highest BCUT2D eigenvalue weighted by Gasteiger charge is 2.33. The highest BCUT2D eigenvalue weighted by molar-refractivity contribution is 7.99. The molecular formula is C13H25NOS. The summed E-state index contributed by atoms with van der Waals surface area (Å²) in [4.78, 5) is 0. The average Bonchev–Trinajstić information content (AvgIpc) is 2.64. The van der Waals surface area contributed by atoms with Crippen LogP contribution in [0.2, 0.25) is 0 Å². The van der Waals surface area contributed by atoms with Gasteiger partial charge in [-0.25, -0.2) is 0 Å². The molecule has 2 N–H and O–H groups in total. The second kappa shape index (κ2) is 4.87. The van der Waals surface area contributed by atoms with Gasteiger partial charge in [0.15, 0.2) is 0 Å². The first kappa shape index (κ1) is 12.7. The minimum Gasteiger partial charge on any atom is -0.388 e. The fourth-order valence-corrected chi connectivity index (χ4v) is 3.97. The molecule has 1 saturated carbocycles. The van der Waals surface area contributed by atoms with Crippen molar-refractivity contribution in [3.05, 3.63) is 0 Å². The Morgan fingerprint density at radius 1 is 1.25 bits per heavy atom. The molecular weight excluding hydrogens is 218 g/mol. The molecule has 1 saturated heterocycles. The van der Waals surface area contributed by atoms with Gasteiger partial charge in [0.05, 0.1) is 5.60 Å². The van der Waals surface area contributed by atoms with Crippen molar-refractivity contribution < 1.29 is 5.11 Å². The van der Waals surface area contributed by atoms with Crippen molar-refractivity contribution in [3.63, 3.8) is 0 Å². The summed E-state index contributed by atoms with van der Waals surface area (Å²) in [5.74, 6) is 2.04. The van der Waals surface area contributed by atoms with Gasteiger partial charge in [-0.15, -0.1) is 0 Å². The molecule has 0 aromatic rings. The summed E-state index contributed by atoms with van der Waals surface area (Å²) in [5.41, 5.74) is 0.121. The molecule has 1 aliphatic heterocycles. The number of nitrogens with one attached hydrogen (secondary N) is 1. The van der Waals surface area contributed by atoms with E-state index in [1.54, 1.807) is 0 Å². The molecule has 0 aromatic carbocycles. The largest absolute Gasteiger partial charge is 0.388 e. The van der Waals surface area contributed by atoms with E-state index in [0.717, 1.165) is 24.5 Å². The van der Waals surface area contributed by atoms with Crippen LogP contribution < -0.4 is 5.32 Å². The van der Waals surface area contributed by atoms with Crippen LogP contribution in [0.25, 0.3) is 0 Å². The predicted molar refractivity (Wildman–Crippen MR) is 70.9 cm³/mol. The van der Waals surface area contributed by atoms with Crippen molar-refractivity contribution in [1.82, 2.24) is 5.32 Å². The van der Waals surface area contributed by atoms with Crippen LogP contribution in [0.3, 0.4) is 0 Å². The number of hydrogen-bond acceptors (Lipinski definition) is 3. The van der Waals surface area contributed by atoms with E-state index in [1.807, 2.05) is 11.8 Å². The SMILES string of the molecule is CC1(C)CCC(NCC2(O)CCSC2)CC1. The standard InChI is InChI=1S/C13H25NOS/c1-12(2)5-3-11(4-6-12)14-9-13(15)7-8-16-10-13/h11,14-15H,3-10H2,1-2H3. The van der Waals surface area contributed by atoms with Gasteiger partial charge in [-0.3, -0.25) is 0 Å². The zero-order chi connectivity index (χ0) is 11.6. The van der Waals surface area contributed by atoms with E-state index < -0.39 is 5.60 Å². The van der Waals surface area contributed by atoms with Gasteiger partial charge in [0.25, 0.3) is 0 Å². The van der Waals surface area contributed by atoms with Crippen molar-refractivity contribution in [2.45, 2.75) is 57.6 Å². The van der Waals surface area contributed by atoms with Gasteiger partial charge >= 0.3 is 0 Å². The first-order valence-corrected chi connectivity index (χ1v) is 7.68. The van der Waals surface area contributed by atoms with Gasteiger partial charge in [-0.1, -0.05) is 13.8 Å². The minimum absolute atomic E-state index is 0.419. The maximum absolute atomic E-state index is 10.2. The Balaban J connectivity index is 1.71. The van der Waals surface area contributed by atoms with E-state index in [9.17, 15) is 5.11 Å². The van der Waals surface area contributed by atoms with Crippen LogP contribution in [-0.4, -0.2) is 34.8 Å². The Morgan fingerprint density at radius 2 is 1.94 bits per heavy atom. The monoisotopic (exact) mass is 243 g/mol. The van der Waals surface area contributed by atoms with E-state index in [4.69, 9.17) is 0 Å². The predicted octanol–water partition coefficient (Wildman–Crippen LogP) is 2.41. The van der Waals surface area contributed by atoms with E-state index in [1.165, 1.54) is 25.7 Å². The summed E-state index contributed by atoms with van der Waals surface area (Å²) in [7, 11) is 0. The van der Waals surface area contributed by atoms with Gasteiger partial charge in [0.2, 0.25) is 0 Å². The molecule has 1 aliphatic carbocycles. The van der Waals surface area contributed by atoms with Crippen LogP contribution in [0.5, 0.6) is 0 Å². The first-order chi connectivity index (χ1) is 7.49. The third-order valence-corrected chi connectivity index (χ3v) is 5.38. The second-order valence-corrected chi connectivity index (χ2v) is 7.45. The molecule has 1 heterocycles. The fourth-order valence-electron chi connectivity index (χ4n) is 2.67. The molecule has 94 valence electrons. The van der Waals surface area contributed by atoms with Crippen LogP contribution in [0, 0.1) is 5.41 Å². The van der Waals surface area contributed by atoms with E-state index >= 15 is 0 Å². The summed E-state index contributed by atoms with van der Waals surface area (Å²) in [5, 5.41) is 13.8. The van der Waals surface area contributed by atoms with Gasteiger partial charge in [-0.05, 0) is 43.3 Å². The number of aliphatic hydroxyl groups is 1. The molecule has 0 spiro atoms. The van der Waals surface area contributed by atoms with Crippen LogP contribution >= 0.6 is 11.8 Å². The van der Waals surface area contributed by atoms with Crippen LogP contribution in [0.15, 0.2) is 0 Å². The van der Waals surface area contributed by atoms with Crippen molar-refractivity contribution in [2.75, 3.05) is 18.1 Å². The highest BCUT2D eigenvalue weighted by atomic mass is 32.2. The van der Waals surface area contributed by atoms with Crippen molar-refractivity contribution in [1.29, 1.82) is 0 Å². The summed E-state index contributed by atoms with van der Waals surface area (Å²) >= 11 is 1.88. The van der Waals surface area contributed by atoms with Crippen molar-refractivity contribution in [2.24, 2.45) is 5.41 Å². The Labute approximate surface area is 104 Å². The second-order valence-electron chi connectivity index (χ2n) is 6.35. The van der Waals surface area contributed by atoms with Gasteiger partial charge in [0, 0.05) is 18.3 Å². The highest BCUT2D eigenvalue weighted by Crippen LogP contribution is 2.35. The van der Waals surface area contributed by atoms with Gasteiger partial charge in [-0.2, -0.15) is 11.8 Å². The number of thioether (sulfide) groups is 1. The van der Waals surface area contributed by atoms with E-state index in [0.29, 0.717) is 11.5 Å². The lowest BCUT2D eigenvalue weighted by Gasteiger charge is -2.36. The molecule has 1 unspecified atom stereocenters. The van der Waals surface area contributed by atoms with E-state index in [-0.39, 0.29) is 0 Å². The molecule has 3 heteroatoms. The molecule has 0 radical (unpaired) electrons. The lowest BCUT2D eigenvalue weighted by Crippen LogP contribution is -2.46. The molecule has 2 aliphatic rings. The molecule has 2 rings (SSSR count). The third kappa shape index (κ3) is 3.38. The van der Waals surface area contributed by atoms with Crippen LogP contribution in [0.4, 0.5) is 0 Å². The van der Waals surface area contributed by atoms with Crippen molar-refractivity contribution in [3.8, 4) is 0 Å². The first-order valence-electron chi connectivity index (χ1n) is 6.53. The molecule has 16 heavy (non-hydrogen) atoms. The minimum atomic E-state index is -0.419. The topological polar surface area (TPSA) is 32.3 Å². The van der Waals surface area contributed by atoms with Gasteiger partial charge in [0.1, 0.15) is 0 Å². The van der Waals surface area contributed by atoms with Crippen molar-refractivity contribution >= 4 is 11.8 Å². The summed E-state index contributed by atoms with van der Waals surface area (Å²) in [6.45, 7) is 5.53. The molecule has 1 atom stereocenters. The maximum atomic E-state index is 10.2. The van der Waals surface area contributed by atoms with Crippen LogP contribution in [0.1, 0.15) is 46.0 Å². The Bertz CT molecular complexity index is 226. The quantitative estimate of drug-likeness (QED) is 0.798. The average molecular weight is 243 g/mol. The summed E-state index contributed by atoms with van der Waals surface area (Å²) < 4.78 is 0. The van der Waals surface area contributed by atoms with Gasteiger partial charge < -0.3 is 10.4 Å². The Hall–Kier alpha value is 0.270. The molecule has 0 bridgehead atoms. The summed E-state index contributed by atoms with van der Waals surface area (Å²) in [6, 6.07) is 0.641. The fraction of sp³-hybridized carbons (Fsp3) is 1.00. The third-order valence-electron chi connectivity index (χ3n) is 4.14. The molecule has 2 nitrogen and oxygen atoms in total. The lowest BCUT2D eigenvalue weighted by molar-refractivity contribution is 0.0604. The Kier molecular flexibility index (Phi) is 3.87. The normalized spacial score (nSPS) is 35.4. The zero-order valence-corrected chi connectivity index (χ0v) is 11.4.